The molecule has 2 bridgehead atoms. The molecule has 2 aliphatic rings. The lowest BCUT2D eigenvalue weighted by atomic mass is 10.1. The van der Waals surface area contributed by atoms with E-state index in [1.54, 1.807) is 0 Å². The molecule has 1 aromatic heterocycles. The van der Waals surface area contributed by atoms with Crippen LogP contribution in [-0.2, 0) is 17.8 Å². The number of fused-ring (bicyclic) bond motifs is 3. The molecular formula is C22H22N4O2. The standard InChI is InChI=1S/C22H22N4O2/c27-21(15-28-19-9-5-2-6-10-19)26-17-11-12-18(26)14-25-20(13-17)23-24-22(25)16-7-3-1-4-8-16/h1-10,17-18H,11-15H2. The zero-order chi connectivity index (χ0) is 18.9. The van der Waals surface area contributed by atoms with Crippen LogP contribution in [0.5, 0.6) is 5.75 Å². The summed E-state index contributed by atoms with van der Waals surface area (Å²) in [5.74, 6) is 2.63. The maximum absolute atomic E-state index is 13.0. The van der Waals surface area contributed by atoms with Gasteiger partial charge in [-0.3, -0.25) is 4.79 Å². The monoisotopic (exact) mass is 374 g/mol. The zero-order valence-electron chi connectivity index (χ0n) is 15.6. The van der Waals surface area contributed by atoms with Gasteiger partial charge >= 0.3 is 0 Å². The summed E-state index contributed by atoms with van der Waals surface area (Å²) in [6.45, 7) is 0.809. The third-order valence-electron chi connectivity index (χ3n) is 5.68. The fourth-order valence-electron chi connectivity index (χ4n) is 4.38. The van der Waals surface area contributed by atoms with Gasteiger partial charge in [0, 0.05) is 24.6 Å². The number of rotatable bonds is 4. The van der Waals surface area contributed by atoms with Crippen molar-refractivity contribution in [2.24, 2.45) is 0 Å². The summed E-state index contributed by atoms with van der Waals surface area (Å²) in [7, 11) is 0. The van der Waals surface area contributed by atoms with E-state index in [1.165, 1.54) is 0 Å². The van der Waals surface area contributed by atoms with Crippen LogP contribution in [0, 0.1) is 0 Å². The van der Waals surface area contributed by atoms with Crippen molar-refractivity contribution in [1.82, 2.24) is 19.7 Å². The molecular weight excluding hydrogens is 352 g/mol. The summed E-state index contributed by atoms with van der Waals surface area (Å²) >= 11 is 0. The Morgan fingerprint density at radius 2 is 1.68 bits per heavy atom. The average molecular weight is 374 g/mol. The summed E-state index contributed by atoms with van der Waals surface area (Å²) in [6.07, 6.45) is 2.76. The molecule has 2 aromatic carbocycles. The average Bonchev–Trinajstić information content (AvgIpc) is 3.27. The number of carbonyl (C=O) groups excluding carboxylic acids is 1. The number of hydrogen-bond donors (Lipinski definition) is 0. The minimum atomic E-state index is 0.0522. The molecule has 2 atom stereocenters. The molecule has 3 heterocycles. The van der Waals surface area contributed by atoms with Crippen molar-refractivity contribution in [2.75, 3.05) is 6.61 Å². The molecule has 3 aromatic rings. The number of nitrogens with zero attached hydrogens (tertiary/aromatic N) is 4. The van der Waals surface area contributed by atoms with Crippen LogP contribution in [0.4, 0.5) is 0 Å². The summed E-state index contributed by atoms with van der Waals surface area (Å²) in [5.41, 5.74) is 1.06. The molecule has 5 rings (SSSR count). The number of hydrogen-bond acceptors (Lipinski definition) is 4. The zero-order valence-corrected chi connectivity index (χ0v) is 15.6. The molecule has 1 amide bonds. The van der Waals surface area contributed by atoms with Crippen LogP contribution in [0.1, 0.15) is 18.7 Å². The second-order valence-electron chi connectivity index (χ2n) is 7.41. The number of ether oxygens (including phenoxy) is 1. The van der Waals surface area contributed by atoms with Crippen LogP contribution in [0.15, 0.2) is 60.7 Å². The van der Waals surface area contributed by atoms with Crippen molar-refractivity contribution < 1.29 is 9.53 Å². The molecule has 6 heteroatoms. The van der Waals surface area contributed by atoms with Crippen LogP contribution in [-0.4, -0.2) is 44.3 Å². The Morgan fingerprint density at radius 1 is 0.964 bits per heavy atom. The van der Waals surface area contributed by atoms with Crippen molar-refractivity contribution in [3.63, 3.8) is 0 Å². The molecule has 0 spiro atoms. The van der Waals surface area contributed by atoms with E-state index < -0.39 is 0 Å². The molecule has 2 unspecified atom stereocenters. The fraction of sp³-hybridized carbons (Fsp3) is 0.318. The second-order valence-corrected chi connectivity index (χ2v) is 7.41. The third-order valence-corrected chi connectivity index (χ3v) is 5.68. The first-order chi connectivity index (χ1) is 13.8. The SMILES string of the molecule is O=C(COc1ccccc1)N1C2CCC1Cn1c(nnc1-c1ccccc1)C2. The maximum Gasteiger partial charge on any atom is 0.261 e. The number of para-hydroxylation sites is 1. The molecule has 0 N–H and O–H groups in total. The Kier molecular flexibility index (Phi) is 4.31. The number of benzene rings is 2. The highest BCUT2D eigenvalue weighted by Gasteiger charge is 2.41. The first-order valence-corrected chi connectivity index (χ1v) is 9.76. The van der Waals surface area contributed by atoms with E-state index in [0.717, 1.165) is 48.8 Å². The van der Waals surface area contributed by atoms with E-state index in [1.807, 2.05) is 53.4 Å². The quantitative estimate of drug-likeness (QED) is 0.705. The van der Waals surface area contributed by atoms with Gasteiger partial charge in [-0.05, 0) is 25.0 Å². The Labute approximate surface area is 163 Å². The highest BCUT2D eigenvalue weighted by atomic mass is 16.5. The Balaban J connectivity index is 1.36. The Morgan fingerprint density at radius 3 is 2.46 bits per heavy atom. The summed E-state index contributed by atoms with van der Waals surface area (Å²) < 4.78 is 7.90. The van der Waals surface area contributed by atoms with Crippen LogP contribution in [0.25, 0.3) is 11.4 Å². The van der Waals surface area contributed by atoms with E-state index in [2.05, 4.69) is 26.9 Å². The smallest absolute Gasteiger partial charge is 0.261 e. The lowest BCUT2D eigenvalue weighted by Gasteiger charge is -2.28. The van der Waals surface area contributed by atoms with Crippen LogP contribution < -0.4 is 4.74 Å². The molecule has 142 valence electrons. The molecule has 1 saturated heterocycles. The molecule has 0 aliphatic carbocycles. The summed E-state index contributed by atoms with van der Waals surface area (Å²) in [4.78, 5) is 15.0. The molecule has 28 heavy (non-hydrogen) atoms. The molecule has 0 radical (unpaired) electrons. The van der Waals surface area contributed by atoms with Gasteiger partial charge < -0.3 is 14.2 Å². The van der Waals surface area contributed by atoms with Crippen molar-refractivity contribution in [1.29, 1.82) is 0 Å². The van der Waals surface area contributed by atoms with Crippen LogP contribution in [0.2, 0.25) is 0 Å². The topological polar surface area (TPSA) is 60.2 Å². The minimum Gasteiger partial charge on any atom is -0.484 e. The molecule has 0 saturated carbocycles. The van der Waals surface area contributed by atoms with Crippen LogP contribution in [0.3, 0.4) is 0 Å². The van der Waals surface area contributed by atoms with Gasteiger partial charge in [0.15, 0.2) is 12.4 Å². The van der Waals surface area contributed by atoms with Crippen molar-refractivity contribution in [3.8, 4) is 17.1 Å². The maximum atomic E-state index is 13.0. The van der Waals surface area contributed by atoms with E-state index in [4.69, 9.17) is 4.74 Å². The third kappa shape index (κ3) is 3.05. The first-order valence-electron chi connectivity index (χ1n) is 9.76. The van der Waals surface area contributed by atoms with Gasteiger partial charge in [0.05, 0.1) is 6.04 Å². The lowest BCUT2D eigenvalue weighted by Crippen LogP contribution is -2.44. The van der Waals surface area contributed by atoms with Gasteiger partial charge in [0.2, 0.25) is 0 Å². The van der Waals surface area contributed by atoms with Gasteiger partial charge in [-0.2, -0.15) is 0 Å². The van der Waals surface area contributed by atoms with E-state index in [-0.39, 0.29) is 24.6 Å². The normalized spacial score (nSPS) is 20.5. The van der Waals surface area contributed by atoms with Gasteiger partial charge in [0.25, 0.3) is 5.91 Å². The predicted molar refractivity (Wildman–Crippen MR) is 105 cm³/mol. The van der Waals surface area contributed by atoms with Gasteiger partial charge in [-0.1, -0.05) is 48.5 Å². The molecule has 2 aliphatic heterocycles. The number of amides is 1. The minimum absolute atomic E-state index is 0.0522. The first kappa shape index (κ1) is 17.0. The van der Waals surface area contributed by atoms with E-state index in [0.29, 0.717) is 0 Å². The Bertz CT molecular complexity index is 971. The number of carbonyl (C=O) groups is 1. The van der Waals surface area contributed by atoms with E-state index >= 15 is 0 Å². The predicted octanol–water partition coefficient (Wildman–Crippen LogP) is 2.94. The van der Waals surface area contributed by atoms with Crippen molar-refractivity contribution in [2.45, 2.75) is 37.9 Å². The summed E-state index contributed by atoms with van der Waals surface area (Å²) in [6, 6.07) is 20.0. The van der Waals surface area contributed by atoms with E-state index in [9.17, 15) is 4.79 Å². The van der Waals surface area contributed by atoms with Crippen molar-refractivity contribution >= 4 is 5.91 Å². The van der Waals surface area contributed by atoms with Crippen molar-refractivity contribution in [3.05, 3.63) is 66.5 Å². The van der Waals surface area contributed by atoms with Gasteiger partial charge in [0.1, 0.15) is 11.6 Å². The summed E-state index contributed by atoms with van der Waals surface area (Å²) in [5, 5.41) is 8.88. The highest BCUT2D eigenvalue weighted by Crippen LogP contribution is 2.33. The largest absolute Gasteiger partial charge is 0.484 e. The second kappa shape index (κ2) is 7.11. The fourth-order valence-corrected chi connectivity index (χ4v) is 4.38. The number of aromatic nitrogens is 3. The Hall–Kier alpha value is -3.15. The van der Waals surface area contributed by atoms with Crippen LogP contribution >= 0.6 is 0 Å². The molecule has 6 nitrogen and oxygen atoms in total. The lowest BCUT2D eigenvalue weighted by molar-refractivity contribution is -0.136. The highest BCUT2D eigenvalue weighted by molar-refractivity contribution is 5.79. The van der Waals surface area contributed by atoms with Gasteiger partial charge in [-0.15, -0.1) is 10.2 Å². The molecule has 1 fully saturated rings. The van der Waals surface area contributed by atoms with Gasteiger partial charge in [-0.25, -0.2) is 0 Å².